The largest absolute Gasteiger partial charge is 0.393 e. The molecule has 0 saturated heterocycles. The average molecular weight is 296 g/mol. The third-order valence-electron chi connectivity index (χ3n) is 3.92. The van der Waals surface area contributed by atoms with Gasteiger partial charge in [-0.05, 0) is 32.1 Å². The molecule has 6 nitrogen and oxygen atoms in total. The maximum atomic E-state index is 9.73. The van der Waals surface area contributed by atoms with Crippen LogP contribution in [0.2, 0.25) is 5.15 Å². The predicted molar refractivity (Wildman–Crippen MR) is 77.0 cm³/mol. The molecule has 2 heterocycles. The van der Waals surface area contributed by atoms with E-state index in [0.29, 0.717) is 16.8 Å². The molecule has 2 atom stereocenters. The first kappa shape index (κ1) is 13.6. The molecule has 2 N–H and O–H groups in total. The fourth-order valence-corrected chi connectivity index (χ4v) is 2.96. The number of fused-ring (bicyclic) bond motifs is 1. The average Bonchev–Trinajstić information content (AvgIpc) is 2.87. The monoisotopic (exact) mass is 295 g/mol. The Morgan fingerprint density at radius 2 is 2.35 bits per heavy atom. The van der Waals surface area contributed by atoms with E-state index >= 15 is 0 Å². The Morgan fingerprint density at radius 3 is 3.15 bits per heavy atom. The van der Waals surface area contributed by atoms with E-state index < -0.39 is 0 Å². The van der Waals surface area contributed by atoms with Gasteiger partial charge in [0.25, 0.3) is 5.78 Å². The van der Waals surface area contributed by atoms with Crippen molar-refractivity contribution in [1.29, 1.82) is 0 Å². The highest BCUT2D eigenvalue weighted by Gasteiger charge is 2.21. The van der Waals surface area contributed by atoms with Crippen LogP contribution in [0.15, 0.2) is 6.33 Å². The molecule has 2 aromatic rings. The topological polar surface area (TPSA) is 75.3 Å². The number of nitrogens with zero attached hydrogens (tertiary/aromatic N) is 4. The Labute approximate surface area is 122 Å². The SMILES string of the molecule is Cc1c(Cl)nc2ncnn2c1NCC1CCCC(O)C1. The molecular weight excluding hydrogens is 278 g/mol. The number of anilines is 1. The third-order valence-corrected chi connectivity index (χ3v) is 4.29. The third kappa shape index (κ3) is 2.58. The van der Waals surface area contributed by atoms with Crippen LogP contribution in [0.5, 0.6) is 0 Å². The highest BCUT2D eigenvalue weighted by atomic mass is 35.5. The van der Waals surface area contributed by atoms with Crippen LogP contribution in [0.4, 0.5) is 5.82 Å². The van der Waals surface area contributed by atoms with Crippen LogP contribution in [0.1, 0.15) is 31.2 Å². The van der Waals surface area contributed by atoms with Gasteiger partial charge in [0, 0.05) is 12.1 Å². The molecule has 3 rings (SSSR count). The summed E-state index contributed by atoms with van der Waals surface area (Å²) in [4.78, 5) is 8.24. The summed E-state index contributed by atoms with van der Waals surface area (Å²) in [5.74, 6) is 1.80. The van der Waals surface area contributed by atoms with Crippen LogP contribution in [0.3, 0.4) is 0 Å². The summed E-state index contributed by atoms with van der Waals surface area (Å²) < 4.78 is 1.67. The van der Waals surface area contributed by atoms with Crippen molar-refractivity contribution in [3.63, 3.8) is 0 Å². The Kier molecular flexibility index (Phi) is 3.76. The molecule has 0 aliphatic heterocycles. The highest BCUT2D eigenvalue weighted by molar-refractivity contribution is 6.30. The van der Waals surface area contributed by atoms with Crippen LogP contribution < -0.4 is 5.32 Å². The van der Waals surface area contributed by atoms with Crippen molar-refractivity contribution in [2.24, 2.45) is 5.92 Å². The van der Waals surface area contributed by atoms with Gasteiger partial charge >= 0.3 is 0 Å². The molecule has 7 heteroatoms. The molecule has 0 bridgehead atoms. The summed E-state index contributed by atoms with van der Waals surface area (Å²) in [6, 6.07) is 0. The number of aliphatic hydroxyl groups is 1. The van der Waals surface area contributed by atoms with Crippen LogP contribution in [-0.2, 0) is 0 Å². The Hall–Kier alpha value is -1.40. The summed E-state index contributed by atoms with van der Waals surface area (Å²) in [7, 11) is 0. The second-order valence-electron chi connectivity index (χ2n) is 5.42. The number of halogens is 1. The van der Waals surface area contributed by atoms with Gasteiger partial charge in [0.1, 0.15) is 17.3 Å². The number of hydrogen-bond donors (Lipinski definition) is 2. The van der Waals surface area contributed by atoms with Crippen molar-refractivity contribution in [2.75, 3.05) is 11.9 Å². The maximum Gasteiger partial charge on any atom is 0.255 e. The van der Waals surface area contributed by atoms with Crippen molar-refractivity contribution >= 4 is 23.2 Å². The molecule has 2 aromatic heterocycles. The minimum atomic E-state index is -0.163. The summed E-state index contributed by atoms with van der Waals surface area (Å²) >= 11 is 6.12. The van der Waals surface area contributed by atoms with Gasteiger partial charge in [-0.25, -0.2) is 0 Å². The van der Waals surface area contributed by atoms with Crippen LogP contribution >= 0.6 is 11.6 Å². The number of aromatic nitrogens is 4. The molecule has 2 unspecified atom stereocenters. The summed E-state index contributed by atoms with van der Waals surface area (Å²) in [5.41, 5.74) is 0.862. The molecule has 108 valence electrons. The molecule has 0 amide bonds. The van der Waals surface area contributed by atoms with Gasteiger partial charge in [-0.1, -0.05) is 18.0 Å². The molecule has 1 aliphatic rings. The van der Waals surface area contributed by atoms with Crippen molar-refractivity contribution in [3.8, 4) is 0 Å². The lowest BCUT2D eigenvalue weighted by Gasteiger charge is -2.26. The van der Waals surface area contributed by atoms with Gasteiger partial charge in [-0.3, -0.25) is 0 Å². The molecule has 1 fully saturated rings. The normalized spacial score (nSPS) is 23.1. The second kappa shape index (κ2) is 5.54. The first-order chi connectivity index (χ1) is 9.65. The standard InChI is InChI=1S/C13H18ClN5O/c1-8-11(14)18-13-16-7-17-19(13)12(8)15-6-9-3-2-4-10(20)5-9/h7,9-10,15,20H,2-6H2,1H3. The summed E-state index contributed by atoms with van der Waals surface area (Å²) in [6.07, 6.45) is 5.30. The van der Waals surface area contributed by atoms with E-state index in [-0.39, 0.29) is 6.10 Å². The van der Waals surface area contributed by atoms with E-state index in [1.54, 1.807) is 4.52 Å². The van der Waals surface area contributed by atoms with Crippen LogP contribution in [-0.4, -0.2) is 37.3 Å². The lowest BCUT2D eigenvalue weighted by molar-refractivity contribution is 0.104. The van der Waals surface area contributed by atoms with Crippen LogP contribution in [0.25, 0.3) is 5.78 Å². The first-order valence-corrected chi connectivity index (χ1v) is 7.30. The predicted octanol–water partition coefficient (Wildman–Crippen LogP) is 2.05. The number of aliphatic hydroxyl groups excluding tert-OH is 1. The minimum Gasteiger partial charge on any atom is -0.393 e. The zero-order chi connectivity index (χ0) is 14.1. The van der Waals surface area contributed by atoms with Crippen molar-refractivity contribution in [2.45, 2.75) is 38.7 Å². The molecular formula is C13H18ClN5O. The fourth-order valence-electron chi connectivity index (χ4n) is 2.79. The van der Waals surface area contributed by atoms with E-state index in [1.165, 1.54) is 6.33 Å². The summed E-state index contributed by atoms with van der Waals surface area (Å²) in [5, 5.41) is 17.7. The maximum absolute atomic E-state index is 9.73. The first-order valence-electron chi connectivity index (χ1n) is 6.93. The zero-order valence-corrected chi connectivity index (χ0v) is 12.1. The number of rotatable bonds is 3. The Morgan fingerprint density at radius 1 is 1.50 bits per heavy atom. The van der Waals surface area contributed by atoms with Crippen molar-refractivity contribution in [3.05, 3.63) is 17.0 Å². The van der Waals surface area contributed by atoms with Gasteiger partial charge in [-0.2, -0.15) is 19.6 Å². The van der Waals surface area contributed by atoms with Gasteiger partial charge in [0.05, 0.1) is 6.10 Å². The van der Waals surface area contributed by atoms with Gasteiger partial charge in [0.15, 0.2) is 0 Å². The number of nitrogens with one attached hydrogen (secondary N) is 1. The van der Waals surface area contributed by atoms with Crippen molar-refractivity contribution < 1.29 is 5.11 Å². The van der Waals surface area contributed by atoms with Gasteiger partial charge < -0.3 is 10.4 Å². The lowest BCUT2D eigenvalue weighted by atomic mass is 9.87. The molecule has 1 aliphatic carbocycles. The van der Waals surface area contributed by atoms with E-state index in [1.807, 2.05) is 6.92 Å². The van der Waals surface area contributed by atoms with E-state index in [4.69, 9.17) is 11.6 Å². The van der Waals surface area contributed by atoms with Gasteiger partial charge in [0.2, 0.25) is 0 Å². The van der Waals surface area contributed by atoms with E-state index in [2.05, 4.69) is 20.4 Å². The molecule has 20 heavy (non-hydrogen) atoms. The molecule has 0 radical (unpaired) electrons. The van der Waals surface area contributed by atoms with Crippen LogP contribution in [0, 0.1) is 12.8 Å². The number of hydrogen-bond acceptors (Lipinski definition) is 5. The zero-order valence-electron chi connectivity index (χ0n) is 11.4. The molecule has 1 saturated carbocycles. The minimum absolute atomic E-state index is 0.163. The van der Waals surface area contributed by atoms with Crippen molar-refractivity contribution in [1.82, 2.24) is 19.6 Å². The quantitative estimate of drug-likeness (QED) is 0.848. The second-order valence-corrected chi connectivity index (χ2v) is 5.77. The Balaban J connectivity index is 1.80. The van der Waals surface area contributed by atoms with E-state index in [9.17, 15) is 5.11 Å². The Bertz CT molecular complexity index is 614. The molecule has 0 aromatic carbocycles. The smallest absolute Gasteiger partial charge is 0.255 e. The summed E-state index contributed by atoms with van der Waals surface area (Å²) in [6.45, 7) is 2.71. The lowest BCUT2D eigenvalue weighted by Crippen LogP contribution is -2.25. The molecule has 0 spiro atoms. The highest BCUT2D eigenvalue weighted by Crippen LogP contribution is 2.26. The fraction of sp³-hybridized carbons (Fsp3) is 0.615. The van der Waals surface area contributed by atoms with E-state index in [0.717, 1.165) is 43.6 Å². The van der Waals surface area contributed by atoms with Gasteiger partial charge in [-0.15, -0.1) is 0 Å².